The average molecular weight is 304 g/mol. The van der Waals surface area contributed by atoms with Gasteiger partial charge in [0.1, 0.15) is 6.54 Å². The fourth-order valence-electron chi connectivity index (χ4n) is 3.65. The summed E-state index contributed by atoms with van der Waals surface area (Å²) in [4.78, 5) is 32.1. The number of nitrogens with zero attached hydrogens (tertiary/aromatic N) is 4. The predicted octanol–water partition coefficient (Wildman–Crippen LogP) is 1.13. The number of likely N-dealkylation sites (tertiary alicyclic amines) is 1. The Morgan fingerprint density at radius 1 is 1.41 bits per heavy atom. The molecule has 1 saturated heterocycles. The lowest BCUT2D eigenvalue weighted by atomic mass is 10.1. The molecule has 0 spiro atoms. The first-order chi connectivity index (χ1) is 10.6. The summed E-state index contributed by atoms with van der Waals surface area (Å²) in [6.45, 7) is 1.78. The topological polar surface area (TPSA) is 58.4 Å². The van der Waals surface area contributed by atoms with E-state index in [0.717, 1.165) is 19.4 Å². The molecule has 1 atom stereocenters. The van der Waals surface area contributed by atoms with Gasteiger partial charge in [-0.1, -0.05) is 12.8 Å². The number of carbonyl (C=O) groups excluding carboxylic acids is 2. The normalized spacial score (nSPS) is 22.5. The molecule has 2 aliphatic rings. The summed E-state index contributed by atoms with van der Waals surface area (Å²) in [7, 11) is 1.82. The third-order valence-corrected chi connectivity index (χ3v) is 4.84. The van der Waals surface area contributed by atoms with Crippen molar-refractivity contribution in [2.75, 3.05) is 20.1 Å². The van der Waals surface area contributed by atoms with Crippen molar-refractivity contribution in [3.05, 3.63) is 18.7 Å². The standard InChI is InChI=1S/C16H24N4O2/c1-18(16(22)11-19-7-6-17-12-19)9-13-8-15(21)20(10-13)14-4-2-3-5-14/h6-7,12-14H,2-5,8-11H2,1H3. The molecule has 2 fully saturated rings. The quantitative estimate of drug-likeness (QED) is 0.819. The van der Waals surface area contributed by atoms with Crippen molar-refractivity contribution >= 4 is 11.8 Å². The first-order valence-electron chi connectivity index (χ1n) is 8.12. The van der Waals surface area contributed by atoms with Gasteiger partial charge in [-0.3, -0.25) is 9.59 Å². The summed E-state index contributed by atoms with van der Waals surface area (Å²) in [5.74, 6) is 0.599. The molecular weight excluding hydrogens is 280 g/mol. The third kappa shape index (κ3) is 3.31. The molecule has 1 aromatic heterocycles. The summed E-state index contributed by atoms with van der Waals surface area (Å²) in [5, 5.41) is 0. The Labute approximate surface area is 131 Å². The average Bonchev–Trinajstić information content (AvgIpc) is 3.20. The van der Waals surface area contributed by atoms with E-state index in [1.54, 1.807) is 28.2 Å². The molecule has 0 N–H and O–H groups in total. The Morgan fingerprint density at radius 3 is 2.86 bits per heavy atom. The van der Waals surface area contributed by atoms with Crippen LogP contribution in [0.4, 0.5) is 0 Å². The number of hydrogen-bond donors (Lipinski definition) is 0. The number of carbonyl (C=O) groups is 2. The molecule has 6 heteroatoms. The number of aromatic nitrogens is 2. The van der Waals surface area contributed by atoms with Crippen LogP contribution in [0.3, 0.4) is 0 Å². The van der Waals surface area contributed by atoms with Gasteiger partial charge in [-0.05, 0) is 12.8 Å². The van der Waals surface area contributed by atoms with E-state index in [2.05, 4.69) is 9.88 Å². The lowest BCUT2D eigenvalue weighted by Crippen LogP contribution is -2.37. The smallest absolute Gasteiger partial charge is 0.242 e. The van der Waals surface area contributed by atoms with Crippen molar-refractivity contribution in [1.82, 2.24) is 19.4 Å². The summed E-state index contributed by atoms with van der Waals surface area (Å²) < 4.78 is 1.77. The van der Waals surface area contributed by atoms with Crippen molar-refractivity contribution in [3.63, 3.8) is 0 Å². The van der Waals surface area contributed by atoms with Gasteiger partial charge in [-0.25, -0.2) is 4.98 Å². The van der Waals surface area contributed by atoms with Crippen LogP contribution in [-0.2, 0) is 16.1 Å². The van der Waals surface area contributed by atoms with Gasteiger partial charge in [0.2, 0.25) is 11.8 Å². The fourth-order valence-corrected chi connectivity index (χ4v) is 3.65. The van der Waals surface area contributed by atoms with Gasteiger partial charge in [0.05, 0.1) is 6.33 Å². The van der Waals surface area contributed by atoms with Gasteiger partial charge in [-0.2, -0.15) is 0 Å². The molecule has 1 saturated carbocycles. The molecule has 3 rings (SSSR count). The van der Waals surface area contributed by atoms with E-state index < -0.39 is 0 Å². The van der Waals surface area contributed by atoms with Crippen molar-refractivity contribution < 1.29 is 9.59 Å². The molecule has 1 unspecified atom stereocenters. The number of amides is 2. The van der Waals surface area contributed by atoms with Crippen LogP contribution in [0.5, 0.6) is 0 Å². The van der Waals surface area contributed by atoms with Crippen molar-refractivity contribution in [3.8, 4) is 0 Å². The van der Waals surface area contributed by atoms with Crippen LogP contribution in [0.15, 0.2) is 18.7 Å². The van der Waals surface area contributed by atoms with Crippen molar-refractivity contribution in [2.24, 2.45) is 5.92 Å². The van der Waals surface area contributed by atoms with Gasteiger partial charge in [0, 0.05) is 50.9 Å². The second kappa shape index (κ2) is 6.50. The lowest BCUT2D eigenvalue weighted by Gasteiger charge is -2.25. The molecule has 0 radical (unpaired) electrons. The molecule has 1 aliphatic heterocycles. The van der Waals surface area contributed by atoms with Crippen LogP contribution in [0, 0.1) is 5.92 Å². The summed E-state index contributed by atoms with van der Waals surface area (Å²) in [6.07, 6.45) is 10.5. The first kappa shape index (κ1) is 15.1. The minimum atomic E-state index is 0.0600. The molecule has 0 bridgehead atoms. The molecule has 2 heterocycles. The van der Waals surface area contributed by atoms with Crippen LogP contribution in [0.2, 0.25) is 0 Å². The Bertz CT molecular complexity index is 522. The zero-order valence-electron chi connectivity index (χ0n) is 13.1. The van der Waals surface area contributed by atoms with Crippen molar-refractivity contribution in [2.45, 2.75) is 44.7 Å². The van der Waals surface area contributed by atoms with Crippen LogP contribution < -0.4 is 0 Å². The van der Waals surface area contributed by atoms with E-state index in [1.807, 2.05) is 7.05 Å². The number of hydrogen-bond acceptors (Lipinski definition) is 3. The highest BCUT2D eigenvalue weighted by Gasteiger charge is 2.36. The molecule has 1 aliphatic carbocycles. The fraction of sp³-hybridized carbons (Fsp3) is 0.688. The van der Waals surface area contributed by atoms with E-state index in [1.165, 1.54) is 12.8 Å². The molecule has 1 aromatic rings. The largest absolute Gasteiger partial charge is 0.344 e. The maximum Gasteiger partial charge on any atom is 0.242 e. The van der Waals surface area contributed by atoms with Gasteiger partial charge < -0.3 is 14.4 Å². The maximum atomic E-state index is 12.2. The van der Waals surface area contributed by atoms with Crippen LogP contribution >= 0.6 is 0 Å². The zero-order valence-corrected chi connectivity index (χ0v) is 13.1. The van der Waals surface area contributed by atoms with Gasteiger partial charge in [-0.15, -0.1) is 0 Å². The molecule has 0 aromatic carbocycles. The Morgan fingerprint density at radius 2 is 2.18 bits per heavy atom. The molecular formula is C16H24N4O2. The Kier molecular flexibility index (Phi) is 4.45. The van der Waals surface area contributed by atoms with E-state index in [-0.39, 0.29) is 17.7 Å². The Hall–Kier alpha value is -1.85. The summed E-state index contributed by atoms with van der Waals surface area (Å²) >= 11 is 0. The monoisotopic (exact) mass is 304 g/mol. The minimum Gasteiger partial charge on any atom is -0.344 e. The highest BCUT2D eigenvalue weighted by molar-refractivity contribution is 5.79. The number of imidazole rings is 1. The van der Waals surface area contributed by atoms with Gasteiger partial charge in [0.15, 0.2) is 0 Å². The van der Waals surface area contributed by atoms with Crippen LogP contribution in [0.25, 0.3) is 0 Å². The molecule has 22 heavy (non-hydrogen) atoms. The predicted molar refractivity (Wildman–Crippen MR) is 81.9 cm³/mol. The lowest BCUT2D eigenvalue weighted by molar-refractivity contribution is -0.131. The molecule has 6 nitrogen and oxygen atoms in total. The van der Waals surface area contributed by atoms with Crippen LogP contribution in [-0.4, -0.2) is 57.3 Å². The van der Waals surface area contributed by atoms with Gasteiger partial charge in [0.25, 0.3) is 0 Å². The molecule has 120 valence electrons. The number of rotatable bonds is 5. The second-order valence-electron chi connectivity index (χ2n) is 6.56. The van der Waals surface area contributed by atoms with E-state index in [0.29, 0.717) is 25.6 Å². The van der Waals surface area contributed by atoms with Gasteiger partial charge >= 0.3 is 0 Å². The van der Waals surface area contributed by atoms with Crippen LogP contribution in [0.1, 0.15) is 32.1 Å². The summed E-state index contributed by atoms with van der Waals surface area (Å²) in [5.41, 5.74) is 0. The van der Waals surface area contributed by atoms with E-state index >= 15 is 0 Å². The van der Waals surface area contributed by atoms with E-state index in [9.17, 15) is 9.59 Å². The SMILES string of the molecule is CN(CC1CC(=O)N(C2CCCC2)C1)C(=O)Cn1ccnc1. The first-order valence-corrected chi connectivity index (χ1v) is 8.12. The highest BCUT2D eigenvalue weighted by Crippen LogP contribution is 2.29. The maximum absolute atomic E-state index is 12.2. The summed E-state index contributed by atoms with van der Waals surface area (Å²) in [6, 6.07) is 0.449. The highest BCUT2D eigenvalue weighted by atomic mass is 16.2. The van der Waals surface area contributed by atoms with Crippen molar-refractivity contribution in [1.29, 1.82) is 0 Å². The second-order valence-corrected chi connectivity index (χ2v) is 6.56. The number of likely N-dealkylation sites (N-methyl/N-ethyl adjacent to an activating group) is 1. The molecule has 2 amide bonds. The third-order valence-electron chi connectivity index (χ3n) is 4.84. The van der Waals surface area contributed by atoms with E-state index in [4.69, 9.17) is 0 Å². The minimum absolute atomic E-state index is 0.0600. The Balaban J connectivity index is 1.50. The zero-order chi connectivity index (χ0) is 15.5.